The summed E-state index contributed by atoms with van der Waals surface area (Å²) in [5.74, 6) is -1.07. The van der Waals surface area contributed by atoms with E-state index in [0.717, 1.165) is 18.4 Å². The molecule has 40 heavy (non-hydrogen) atoms. The van der Waals surface area contributed by atoms with E-state index in [9.17, 15) is 23.1 Å². The van der Waals surface area contributed by atoms with Crippen LogP contribution in [-0.2, 0) is 19.6 Å². The third-order valence-corrected chi connectivity index (χ3v) is 10.0. The Morgan fingerprint density at radius 2 is 2.02 bits per heavy atom. The van der Waals surface area contributed by atoms with E-state index >= 15 is 0 Å². The molecule has 2 fully saturated rings. The van der Waals surface area contributed by atoms with Gasteiger partial charge in [-0.25, -0.2) is 12.7 Å². The summed E-state index contributed by atoms with van der Waals surface area (Å²) in [4.78, 5) is 34.3. The van der Waals surface area contributed by atoms with Gasteiger partial charge in [0.05, 0.1) is 30.1 Å². The van der Waals surface area contributed by atoms with E-state index in [-0.39, 0.29) is 31.5 Å². The fourth-order valence-electron chi connectivity index (χ4n) is 6.04. The number of carbonyl (C=O) groups is 2. The Morgan fingerprint density at radius 3 is 2.73 bits per heavy atom. The zero-order valence-corrected chi connectivity index (χ0v) is 23.5. The zero-order valence-electron chi connectivity index (χ0n) is 22.6. The van der Waals surface area contributed by atoms with E-state index in [1.54, 1.807) is 29.4 Å². The molecule has 11 nitrogen and oxygen atoms in total. The number of hydrogen-bond donors (Lipinski definition) is 1. The van der Waals surface area contributed by atoms with Crippen LogP contribution in [0.5, 0.6) is 11.5 Å². The van der Waals surface area contributed by atoms with Crippen LogP contribution in [0.25, 0.3) is 0 Å². The molecule has 0 aliphatic carbocycles. The first-order valence-corrected chi connectivity index (χ1v) is 15.4. The number of carboxylic acid groups (broad SMARTS) is 1. The van der Waals surface area contributed by atoms with Crippen molar-refractivity contribution in [2.45, 2.75) is 44.6 Å². The topological polar surface area (TPSA) is 130 Å². The predicted molar refractivity (Wildman–Crippen MR) is 148 cm³/mol. The van der Waals surface area contributed by atoms with Gasteiger partial charge in [-0.3, -0.25) is 19.5 Å². The molecule has 5 rings (SSSR count). The lowest BCUT2D eigenvalue weighted by molar-refractivity contribution is -0.143. The number of ether oxygens (including phenoxy) is 2. The van der Waals surface area contributed by atoms with Gasteiger partial charge in [-0.15, -0.1) is 0 Å². The van der Waals surface area contributed by atoms with Gasteiger partial charge >= 0.3 is 5.97 Å². The molecular weight excluding hydrogens is 536 g/mol. The molecule has 3 atom stereocenters. The molecule has 12 heteroatoms. The number of carboxylic acids is 1. The number of fused-ring (bicyclic) bond motifs is 1. The van der Waals surface area contributed by atoms with Crippen molar-refractivity contribution in [1.29, 1.82) is 0 Å². The Kier molecular flexibility index (Phi) is 8.57. The first-order chi connectivity index (χ1) is 19.3. The normalized spacial score (nSPS) is 23.9. The maximum atomic E-state index is 13.8. The van der Waals surface area contributed by atoms with Gasteiger partial charge < -0.3 is 19.5 Å². The van der Waals surface area contributed by atoms with Gasteiger partial charge in [0.2, 0.25) is 22.7 Å². The lowest BCUT2D eigenvalue weighted by Gasteiger charge is -2.30. The van der Waals surface area contributed by atoms with E-state index < -0.39 is 33.9 Å². The molecule has 2 aromatic rings. The van der Waals surface area contributed by atoms with E-state index in [4.69, 9.17) is 9.47 Å². The van der Waals surface area contributed by atoms with Crippen molar-refractivity contribution in [1.82, 2.24) is 14.2 Å². The number of hydrogen-bond acceptors (Lipinski definition) is 8. The summed E-state index contributed by atoms with van der Waals surface area (Å²) in [5.41, 5.74) is 1.49. The first kappa shape index (κ1) is 28.3. The molecule has 1 aromatic heterocycles. The number of amides is 1. The van der Waals surface area contributed by atoms with Gasteiger partial charge in [0.1, 0.15) is 0 Å². The molecule has 0 unspecified atom stereocenters. The minimum Gasteiger partial charge on any atom is -0.481 e. The summed E-state index contributed by atoms with van der Waals surface area (Å²) in [6, 6.07) is 8.55. The number of unbranched alkanes of at least 4 members (excludes halogenated alkanes) is 1. The maximum absolute atomic E-state index is 13.8. The second kappa shape index (κ2) is 12.1. The standard InChI is InChI=1S/C28H36N4O7S/c1-2-3-12-32(21-6-4-10-29-16-21)26(33)18-30-17-22(20-7-8-24-25(15-20)39-19-38-24)27(28(34)35)23(30)9-13-31-11-5-14-40(31,36)37/h4,6-8,10,15-16,22-23,27H,2-3,5,9,11-14,17-19H2,1H3,(H,34,35)/t22-,23+,27-/m1/s1. The molecule has 2 saturated heterocycles. The highest BCUT2D eigenvalue weighted by Gasteiger charge is 2.48. The molecule has 3 aliphatic heterocycles. The molecule has 0 saturated carbocycles. The second-order valence-corrected chi connectivity index (χ2v) is 12.6. The van der Waals surface area contributed by atoms with Crippen molar-refractivity contribution >= 4 is 27.6 Å². The molecule has 1 aromatic carbocycles. The number of aromatic nitrogens is 1. The molecule has 0 spiro atoms. The summed E-state index contributed by atoms with van der Waals surface area (Å²) in [7, 11) is -3.33. The third kappa shape index (κ3) is 5.93. The van der Waals surface area contributed by atoms with Crippen LogP contribution in [0, 0.1) is 5.92 Å². The molecule has 4 heterocycles. The number of benzene rings is 1. The van der Waals surface area contributed by atoms with Crippen LogP contribution in [0.2, 0.25) is 0 Å². The van der Waals surface area contributed by atoms with Gasteiger partial charge in [-0.2, -0.15) is 0 Å². The monoisotopic (exact) mass is 572 g/mol. The number of carbonyl (C=O) groups excluding carboxylic acids is 1. The number of aliphatic carboxylic acids is 1. The number of rotatable bonds is 11. The molecule has 0 bridgehead atoms. The van der Waals surface area contributed by atoms with Crippen molar-refractivity contribution in [2.24, 2.45) is 5.92 Å². The van der Waals surface area contributed by atoms with Crippen molar-refractivity contribution < 1.29 is 32.6 Å². The molecule has 3 aliphatic rings. The van der Waals surface area contributed by atoms with Crippen LogP contribution in [-0.4, -0.2) is 90.9 Å². The predicted octanol–water partition coefficient (Wildman–Crippen LogP) is 2.54. The average Bonchev–Trinajstić information content (AvgIpc) is 3.64. The largest absolute Gasteiger partial charge is 0.481 e. The lowest BCUT2D eigenvalue weighted by atomic mass is 9.84. The van der Waals surface area contributed by atoms with Crippen LogP contribution in [0.15, 0.2) is 42.7 Å². The molecule has 0 radical (unpaired) electrons. The Labute approximate surface area is 234 Å². The van der Waals surface area contributed by atoms with Crippen molar-refractivity contribution in [3.05, 3.63) is 48.3 Å². The molecule has 216 valence electrons. The highest BCUT2D eigenvalue weighted by Crippen LogP contribution is 2.43. The Hall–Kier alpha value is -3.22. The fourth-order valence-corrected chi connectivity index (χ4v) is 7.58. The van der Waals surface area contributed by atoms with Crippen molar-refractivity contribution in [3.63, 3.8) is 0 Å². The number of nitrogens with zero attached hydrogens (tertiary/aromatic N) is 4. The van der Waals surface area contributed by atoms with Gasteiger partial charge in [0, 0.05) is 44.3 Å². The number of anilines is 1. The Morgan fingerprint density at radius 1 is 1.20 bits per heavy atom. The zero-order chi connectivity index (χ0) is 28.3. The van der Waals surface area contributed by atoms with E-state index in [2.05, 4.69) is 11.9 Å². The maximum Gasteiger partial charge on any atom is 0.308 e. The van der Waals surface area contributed by atoms with E-state index in [0.29, 0.717) is 49.7 Å². The number of sulfonamides is 1. The van der Waals surface area contributed by atoms with E-state index in [1.165, 1.54) is 4.31 Å². The lowest BCUT2D eigenvalue weighted by Crippen LogP contribution is -2.45. The highest BCUT2D eigenvalue weighted by molar-refractivity contribution is 7.89. The molecule has 1 amide bonds. The Bertz CT molecular complexity index is 1320. The summed E-state index contributed by atoms with van der Waals surface area (Å²) < 4.78 is 37.4. The van der Waals surface area contributed by atoms with Crippen LogP contribution < -0.4 is 14.4 Å². The van der Waals surface area contributed by atoms with Gasteiger partial charge in [-0.1, -0.05) is 19.4 Å². The molecular formula is C28H36N4O7S. The minimum atomic E-state index is -3.33. The van der Waals surface area contributed by atoms with Crippen LogP contribution in [0.4, 0.5) is 5.69 Å². The number of pyridine rings is 1. The van der Waals surface area contributed by atoms with Crippen molar-refractivity contribution in [2.75, 3.05) is 50.2 Å². The van der Waals surface area contributed by atoms with Crippen LogP contribution in [0.3, 0.4) is 0 Å². The van der Waals surface area contributed by atoms with E-state index in [1.807, 2.05) is 23.1 Å². The fraction of sp³-hybridized carbons (Fsp3) is 0.536. The summed E-state index contributed by atoms with van der Waals surface area (Å²) in [6.07, 6.45) is 5.91. The molecule has 1 N–H and O–H groups in total. The number of likely N-dealkylation sites (tertiary alicyclic amines) is 1. The second-order valence-electron chi connectivity index (χ2n) is 10.5. The highest BCUT2D eigenvalue weighted by atomic mass is 32.2. The summed E-state index contributed by atoms with van der Waals surface area (Å²) in [5, 5.41) is 10.4. The summed E-state index contributed by atoms with van der Waals surface area (Å²) >= 11 is 0. The van der Waals surface area contributed by atoms with Crippen molar-refractivity contribution in [3.8, 4) is 11.5 Å². The Balaban J connectivity index is 1.43. The van der Waals surface area contributed by atoms with Gasteiger partial charge in [-0.05, 0) is 49.1 Å². The smallest absolute Gasteiger partial charge is 0.308 e. The van der Waals surface area contributed by atoms with Gasteiger partial charge in [0.25, 0.3) is 0 Å². The summed E-state index contributed by atoms with van der Waals surface area (Å²) in [6.45, 7) is 3.71. The van der Waals surface area contributed by atoms with Crippen LogP contribution in [0.1, 0.15) is 44.1 Å². The quantitative estimate of drug-likeness (QED) is 0.432. The van der Waals surface area contributed by atoms with Crippen LogP contribution >= 0.6 is 0 Å². The SMILES string of the molecule is CCCCN(C(=O)CN1C[C@H](c2ccc3c(c2)OCO3)[C@@H](C(=O)O)[C@@H]1CCN1CCCS1(=O)=O)c1cccnc1. The van der Waals surface area contributed by atoms with Gasteiger partial charge in [0.15, 0.2) is 11.5 Å². The minimum absolute atomic E-state index is 0.0147. The average molecular weight is 573 g/mol. The first-order valence-electron chi connectivity index (χ1n) is 13.8. The third-order valence-electron chi connectivity index (χ3n) is 8.07.